The number of rotatable bonds is 4. The lowest BCUT2D eigenvalue weighted by molar-refractivity contribution is 0.175. The van der Waals surface area contributed by atoms with E-state index >= 15 is 0 Å². The van der Waals surface area contributed by atoms with E-state index in [1.54, 1.807) is 7.11 Å². The highest BCUT2D eigenvalue weighted by molar-refractivity contribution is 5.98. The molecule has 0 amide bonds. The Bertz CT molecular complexity index is 404. The zero-order valence-corrected chi connectivity index (χ0v) is 10.4. The van der Waals surface area contributed by atoms with Crippen molar-refractivity contribution in [3.8, 4) is 0 Å². The minimum absolute atomic E-state index is 0.0819. The molecule has 4 heteroatoms. The first-order chi connectivity index (χ1) is 8.17. The van der Waals surface area contributed by atoms with Gasteiger partial charge in [0.15, 0.2) is 5.96 Å². The summed E-state index contributed by atoms with van der Waals surface area (Å²) in [6.07, 6.45) is 0.905. The van der Waals surface area contributed by atoms with Gasteiger partial charge in [0.2, 0.25) is 0 Å². The molecule has 1 heterocycles. The van der Waals surface area contributed by atoms with E-state index in [4.69, 9.17) is 10.5 Å². The number of nitrogens with zero attached hydrogens (tertiary/aromatic N) is 2. The lowest BCUT2D eigenvalue weighted by Gasteiger charge is -2.36. The van der Waals surface area contributed by atoms with Gasteiger partial charge in [0, 0.05) is 19.4 Å². The van der Waals surface area contributed by atoms with Crippen LogP contribution in [0.25, 0.3) is 0 Å². The van der Waals surface area contributed by atoms with Crippen molar-refractivity contribution < 1.29 is 4.74 Å². The molecule has 0 saturated carbocycles. The SMILES string of the molecule is COCCC1(C)CN=C(N)N1c1ccccc1. The molecule has 1 unspecified atom stereocenters. The highest BCUT2D eigenvalue weighted by atomic mass is 16.5. The molecular weight excluding hydrogens is 214 g/mol. The predicted molar refractivity (Wildman–Crippen MR) is 70.3 cm³/mol. The van der Waals surface area contributed by atoms with Crippen LogP contribution in [0.15, 0.2) is 35.3 Å². The van der Waals surface area contributed by atoms with E-state index in [2.05, 4.69) is 28.9 Å². The number of aliphatic imine (C=N–C) groups is 1. The number of methoxy groups -OCH3 is 1. The van der Waals surface area contributed by atoms with E-state index in [0.29, 0.717) is 12.6 Å². The van der Waals surface area contributed by atoms with Crippen molar-refractivity contribution in [2.75, 3.05) is 25.2 Å². The molecule has 17 heavy (non-hydrogen) atoms. The molecule has 1 aromatic carbocycles. The summed E-state index contributed by atoms with van der Waals surface area (Å²) >= 11 is 0. The van der Waals surface area contributed by atoms with Crippen LogP contribution in [0.2, 0.25) is 0 Å². The molecular formula is C13H19N3O. The van der Waals surface area contributed by atoms with Crippen LogP contribution in [-0.2, 0) is 4.74 Å². The lowest BCUT2D eigenvalue weighted by Crippen LogP contribution is -2.50. The topological polar surface area (TPSA) is 50.9 Å². The minimum atomic E-state index is -0.0819. The first kappa shape index (κ1) is 11.9. The number of ether oxygens (including phenoxy) is 1. The van der Waals surface area contributed by atoms with Crippen LogP contribution < -0.4 is 10.6 Å². The van der Waals surface area contributed by atoms with Gasteiger partial charge < -0.3 is 15.4 Å². The third kappa shape index (κ3) is 2.26. The average Bonchev–Trinajstić information content (AvgIpc) is 2.64. The first-order valence-electron chi connectivity index (χ1n) is 5.81. The minimum Gasteiger partial charge on any atom is -0.385 e. The van der Waals surface area contributed by atoms with Crippen molar-refractivity contribution in [3.63, 3.8) is 0 Å². The molecule has 0 spiro atoms. The molecule has 4 nitrogen and oxygen atoms in total. The fraction of sp³-hybridized carbons (Fsp3) is 0.462. The van der Waals surface area contributed by atoms with Crippen molar-refractivity contribution in [3.05, 3.63) is 30.3 Å². The third-order valence-electron chi connectivity index (χ3n) is 3.21. The fourth-order valence-electron chi connectivity index (χ4n) is 2.20. The van der Waals surface area contributed by atoms with E-state index in [-0.39, 0.29) is 5.54 Å². The summed E-state index contributed by atoms with van der Waals surface area (Å²) in [5.41, 5.74) is 7.00. The summed E-state index contributed by atoms with van der Waals surface area (Å²) in [6, 6.07) is 10.1. The second kappa shape index (κ2) is 4.75. The highest BCUT2D eigenvalue weighted by Crippen LogP contribution is 2.30. The number of anilines is 1. The van der Waals surface area contributed by atoms with Crippen LogP contribution in [0.4, 0.5) is 5.69 Å². The molecule has 0 aromatic heterocycles. The molecule has 2 N–H and O–H groups in total. The molecule has 0 fully saturated rings. The summed E-state index contributed by atoms with van der Waals surface area (Å²) < 4.78 is 5.17. The smallest absolute Gasteiger partial charge is 0.196 e. The number of benzene rings is 1. The normalized spacial score (nSPS) is 23.9. The molecule has 1 atom stereocenters. The molecule has 0 radical (unpaired) electrons. The van der Waals surface area contributed by atoms with Gasteiger partial charge in [-0.25, -0.2) is 0 Å². The van der Waals surface area contributed by atoms with Gasteiger partial charge >= 0.3 is 0 Å². The molecule has 0 bridgehead atoms. The van der Waals surface area contributed by atoms with Gasteiger partial charge in [-0.3, -0.25) is 4.99 Å². The van der Waals surface area contributed by atoms with Gasteiger partial charge in [0.1, 0.15) is 0 Å². The van der Waals surface area contributed by atoms with Crippen molar-refractivity contribution in [1.29, 1.82) is 0 Å². The van der Waals surface area contributed by atoms with Gasteiger partial charge in [-0.15, -0.1) is 0 Å². The van der Waals surface area contributed by atoms with Crippen LogP contribution in [0.5, 0.6) is 0 Å². The fourth-order valence-corrected chi connectivity index (χ4v) is 2.20. The Kier molecular flexibility index (Phi) is 3.33. The van der Waals surface area contributed by atoms with E-state index < -0.39 is 0 Å². The van der Waals surface area contributed by atoms with E-state index in [0.717, 1.165) is 18.7 Å². The standard InChI is InChI=1S/C13H19N3O/c1-13(8-9-17-2)10-15-12(14)16(13)11-6-4-3-5-7-11/h3-7H,8-10H2,1-2H3,(H2,14,15). The summed E-state index contributed by atoms with van der Waals surface area (Å²) in [7, 11) is 1.72. The van der Waals surface area contributed by atoms with Gasteiger partial charge in [-0.05, 0) is 25.5 Å². The van der Waals surface area contributed by atoms with Crippen LogP contribution in [0.3, 0.4) is 0 Å². The Labute approximate surface area is 102 Å². The number of para-hydroxylation sites is 1. The Hall–Kier alpha value is -1.55. The summed E-state index contributed by atoms with van der Waals surface area (Å²) in [5.74, 6) is 0.592. The lowest BCUT2D eigenvalue weighted by atomic mass is 9.96. The Morgan fingerprint density at radius 2 is 2.12 bits per heavy atom. The van der Waals surface area contributed by atoms with Gasteiger partial charge in [0.25, 0.3) is 0 Å². The first-order valence-corrected chi connectivity index (χ1v) is 5.81. The highest BCUT2D eigenvalue weighted by Gasteiger charge is 2.38. The van der Waals surface area contributed by atoms with Crippen molar-refractivity contribution >= 4 is 11.6 Å². The van der Waals surface area contributed by atoms with Crippen molar-refractivity contribution in [2.24, 2.45) is 10.7 Å². The third-order valence-corrected chi connectivity index (χ3v) is 3.21. The zero-order chi connectivity index (χ0) is 12.3. The second-order valence-electron chi connectivity index (χ2n) is 4.59. The molecule has 2 rings (SSSR count). The molecule has 1 aromatic rings. The predicted octanol–water partition coefficient (Wildman–Crippen LogP) is 1.62. The Morgan fingerprint density at radius 1 is 1.41 bits per heavy atom. The maximum atomic E-state index is 5.99. The largest absolute Gasteiger partial charge is 0.385 e. The summed E-state index contributed by atoms with van der Waals surface area (Å²) in [6.45, 7) is 3.60. The average molecular weight is 233 g/mol. The molecule has 1 aliphatic heterocycles. The van der Waals surface area contributed by atoms with E-state index in [1.165, 1.54) is 0 Å². The quantitative estimate of drug-likeness (QED) is 0.859. The van der Waals surface area contributed by atoms with Gasteiger partial charge in [0.05, 0.1) is 12.1 Å². The summed E-state index contributed by atoms with van der Waals surface area (Å²) in [5, 5.41) is 0. The van der Waals surface area contributed by atoms with Crippen molar-refractivity contribution in [1.82, 2.24) is 0 Å². The molecule has 0 aliphatic carbocycles. The number of hydrogen-bond acceptors (Lipinski definition) is 4. The second-order valence-corrected chi connectivity index (χ2v) is 4.59. The van der Waals surface area contributed by atoms with E-state index in [1.807, 2.05) is 18.2 Å². The Balaban J connectivity index is 2.25. The molecule has 92 valence electrons. The Morgan fingerprint density at radius 3 is 2.76 bits per heavy atom. The maximum Gasteiger partial charge on any atom is 0.196 e. The number of nitrogens with two attached hydrogens (primary N) is 1. The molecule has 0 saturated heterocycles. The number of guanidine groups is 1. The molecule has 1 aliphatic rings. The van der Waals surface area contributed by atoms with Gasteiger partial charge in [-0.2, -0.15) is 0 Å². The van der Waals surface area contributed by atoms with Crippen molar-refractivity contribution in [2.45, 2.75) is 18.9 Å². The van der Waals surface area contributed by atoms with E-state index in [9.17, 15) is 0 Å². The van der Waals surface area contributed by atoms with Crippen LogP contribution >= 0.6 is 0 Å². The maximum absolute atomic E-state index is 5.99. The zero-order valence-electron chi connectivity index (χ0n) is 10.4. The van der Waals surface area contributed by atoms with Crippen LogP contribution in [0, 0.1) is 0 Å². The van der Waals surface area contributed by atoms with Crippen LogP contribution in [0.1, 0.15) is 13.3 Å². The monoisotopic (exact) mass is 233 g/mol. The summed E-state index contributed by atoms with van der Waals surface area (Å²) in [4.78, 5) is 6.47. The van der Waals surface area contributed by atoms with Crippen LogP contribution in [-0.4, -0.2) is 31.8 Å². The van der Waals surface area contributed by atoms with Gasteiger partial charge in [-0.1, -0.05) is 18.2 Å². The number of hydrogen-bond donors (Lipinski definition) is 1.